The van der Waals surface area contributed by atoms with Gasteiger partial charge in [0.1, 0.15) is 5.82 Å². The van der Waals surface area contributed by atoms with Gasteiger partial charge in [-0.1, -0.05) is 12.1 Å². The fourth-order valence-corrected chi connectivity index (χ4v) is 2.88. The Hall–Kier alpha value is -1.69. The van der Waals surface area contributed by atoms with Crippen LogP contribution in [0.15, 0.2) is 42.7 Å². The van der Waals surface area contributed by atoms with Crippen LogP contribution in [0.5, 0.6) is 0 Å². The molecule has 4 nitrogen and oxygen atoms in total. The summed E-state index contributed by atoms with van der Waals surface area (Å²) < 4.78 is 19.0. The number of aromatic nitrogens is 1. The first-order chi connectivity index (χ1) is 10.8. The molecule has 118 valence electrons. The van der Waals surface area contributed by atoms with Crippen LogP contribution in [0.2, 0.25) is 0 Å². The lowest BCUT2D eigenvalue weighted by molar-refractivity contribution is 0.0160. The predicted molar refractivity (Wildman–Crippen MR) is 84.0 cm³/mol. The van der Waals surface area contributed by atoms with Crippen molar-refractivity contribution in [3.8, 4) is 0 Å². The number of hydrogen-bond donors (Lipinski definition) is 2. The van der Waals surface area contributed by atoms with Gasteiger partial charge >= 0.3 is 0 Å². The van der Waals surface area contributed by atoms with Gasteiger partial charge in [0.15, 0.2) is 0 Å². The van der Waals surface area contributed by atoms with Crippen LogP contribution in [0.25, 0.3) is 0 Å². The van der Waals surface area contributed by atoms with E-state index in [-0.39, 0.29) is 11.9 Å². The average Bonchev–Trinajstić information content (AvgIpc) is 3.06. The minimum Gasteiger partial charge on any atom is -0.379 e. The first kappa shape index (κ1) is 15.2. The van der Waals surface area contributed by atoms with Crippen molar-refractivity contribution in [2.45, 2.75) is 12.6 Å². The number of aromatic amines is 1. The molecule has 5 heteroatoms. The second-order valence-electron chi connectivity index (χ2n) is 5.57. The lowest BCUT2D eigenvalue weighted by Gasteiger charge is -2.35. The maximum absolute atomic E-state index is 13.6. The van der Waals surface area contributed by atoms with Gasteiger partial charge in [-0.25, -0.2) is 4.39 Å². The van der Waals surface area contributed by atoms with Gasteiger partial charge in [0.25, 0.3) is 0 Å². The molecular weight excluding hydrogens is 281 g/mol. The van der Waals surface area contributed by atoms with E-state index in [4.69, 9.17) is 4.74 Å². The van der Waals surface area contributed by atoms with Crippen molar-refractivity contribution in [3.05, 3.63) is 59.7 Å². The molecule has 1 aliphatic heterocycles. The van der Waals surface area contributed by atoms with Crippen molar-refractivity contribution in [1.29, 1.82) is 0 Å². The minimum absolute atomic E-state index is 0.165. The normalized spacial score (nSPS) is 17.5. The molecule has 2 heterocycles. The van der Waals surface area contributed by atoms with Crippen molar-refractivity contribution >= 4 is 0 Å². The fourth-order valence-electron chi connectivity index (χ4n) is 2.88. The van der Waals surface area contributed by atoms with Crippen LogP contribution in [0, 0.1) is 5.82 Å². The molecule has 1 fully saturated rings. The molecule has 1 unspecified atom stereocenters. The van der Waals surface area contributed by atoms with Gasteiger partial charge < -0.3 is 15.0 Å². The molecule has 1 aromatic heterocycles. The van der Waals surface area contributed by atoms with Crippen LogP contribution >= 0.6 is 0 Å². The number of nitrogens with one attached hydrogen (secondary N) is 2. The number of ether oxygens (including phenoxy) is 1. The van der Waals surface area contributed by atoms with Crippen LogP contribution in [0.4, 0.5) is 4.39 Å². The van der Waals surface area contributed by atoms with Crippen molar-refractivity contribution in [2.75, 3.05) is 32.8 Å². The van der Waals surface area contributed by atoms with E-state index in [9.17, 15) is 4.39 Å². The average molecular weight is 303 g/mol. The highest BCUT2D eigenvalue weighted by atomic mass is 19.1. The summed E-state index contributed by atoms with van der Waals surface area (Å²) in [5.74, 6) is -0.179. The van der Waals surface area contributed by atoms with Gasteiger partial charge in [0, 0.05) is 44.6 Å². The second-order valence-corrected chi connectivity index (χ2v) is 5.57. The zero-order chi connectivity index (χ0) is 15.2. The summed E-state index contributed by atoms with van der Waals surface area (Å²) >= 11 is 0. The highest BCUT2D eigenvalue weighted by molar-refractivity contribution is 5.21. The zero-order valence-electron chi connectivity index (χ0n) is 12.6. The Labute approximate surface area is 130 Å². The largest absolute Gasteiger partial charge is 0.379 e. The molecule has 3 rings (SSSR count). The summed E-state index contributed by atoms with van der Waals surface area (Å²) in [6.45, 7) is 4.83. The standard InChI is InChI=1S/C17H22FN3O/c18-16-3-1-2-15(10-16)17(21-6-8-22-9-7-21)13-20-12-14-4-5-19-11-14/h1-5,10-11,17,19-20H,6-9,12-13H2. The van der Waals surface area contributed by atoms with Gasteiger partial charge in [-0.15, -0.1) is 0 Å². The molecule has 0 aliphatic carbocycles. The molecule has 1 atom stereocenters. The van der Waals surface area contributed by atoms with Crippen molar-refractivity contribution in [3.63, 3.8) is 0 Å². The number of H-pyrrole nitrogens is 1. The highest BCUT2D eigenvalue weighted by Crippen LogP contribution is 2.22. The van der Waals surface area contributed by atoms with E-state index in [1.807, 2.05) is 18.5 Å². The number of nitrogens with zero attached hydrogens (tertiary/aromatic N) is 1. The maximum Gasteiger partial charge on any atom is 0.123 e. The number of morpholine rings is 1. The highest BCUT2D eigenvalue weighted by Gasteiger charge is 2.22. The number of hydrogen-bond acceptors (Lipinski definition) is 3. The zero-order valence-corrected chi connectivity index (χ0v) is 12.6. The van der Waals surface area contributed by atoms with Crippen LogP contribution in [0.3, 0.4) is 0 Å². The van der Waals surface area contributed by atoms with Gasteiger partial charge in [0.2, 0.25) is 0 Å². The smallest absolute Gasteiger partial charge is 0.123 e. The third-order valence-electron chi connectivity index (χ3n) is 4.05. The summed E-state index contributed by atoms with van der Waals surface area (Å²) in [7, 11) is 0. The SMILES string of the molecule is Fc1cccc(C(CNCc2cc[nH]c2)N2CCOCC2)c1. The van der Waals surface area contributed by atoms with E-state index < -0.39 is 0 Å². The van der Waals surface area contributed by atoms with Crippen molar-refractivity contribution < 1.29 is 9.13 Å². The lowest BCUT2D eigenvalue weighted by atomic mass is 10.0. The molecular formula is C17H22FN3O. The Balaban J connectivity index is 1.67. The molecule has 1 aliphatic rings. The van der Waals surface area contributed by atoms with E-state index in [1.165, 1.54) is 11.6 Å². The number of halogens is 1. The van der Waals surface area contributed by atoms with Crippen molar-refractivity contribution in [1.82, 2.24) is 15.2 Å². The molecule has 0 spiro atoms. The second kappa shape index (κ2) is 7.54. The Morgan fingerprint density at radius 1 is 1.27 bits per heavy atom. The Morgan fingerprint density at radius 3 is 2.86 bits per heavy atom. The van der Waals surface area contributed by atoms with E-state index >= 15 is 0 Å². The summed E-state index contributed by atoms with van der Waals surface area (Å²) in [4.78, 5) is 5.42. The van der Waals surface area contributed by atoms with Crippen LogP contribution in [-0.4, -0.2) is 42.7 Å². The number of rotatable bonds is 6. The molecule has 0 radical (unpaired) electrons. The molecule has 1 aromatic carbocycles. The van der Waals surface area contributed by atoms with Gasteiger partial charge in [0.05, 0.1) is 13.2 Å². The summed E-state index contributed by atoms with van der Waals surface area (Å²) in [6, 6.07) is 9.13. The number of benzene rings is 1. The van der Waals surface area contributed by atoms with Gasteiger partial charge in [-0.05, 0) is 29.3 Å². The summed E-state index contributed by atoms with van der Waals surface area (Å²) in [6.07, 6.45) is 3.90. The molecule has 1 saturated heterocycles. The van der Waals surface area contributed by atoms with E-state index in [1.54, 1.807) is 12.1 Å². The molecule has 2 aromatic rings. The van der Waals surface area contributed by atoms with Crippen LogP contribution < -0.4 is 5.32 Å². The molecule has 2 N–H and O–H groups in total. The third-order valence-corrected chi connectivity index (χ3v) is 4.05. The first-order valence-corrected chi connectivity index (χ1v) is 7.72. The monoisotopic (exact) mass is 303 g/mol. The van der Waals surface area contributed by atoms with E-state index in [0.29, 0.717) is 0 Å². The Kier molecular flexibility index (Phi) is 5.21. The van der Waals surface area contributed by atoms with Gasteiger partial charge in [-0.3, -0.25) is 4.90 Å². The lowest BCUT2D eigenvalue weighted by Crippen LogP contribution is -2.42. The summed E-state index contributed by atoms with van der Waals surface area (Å²) in [5, 5.41) is 3.48. The molecule has 0 bridgehead atoms. The van der Waals surface area contributed by atoms with Gasteiger partial charge in [-0.2, -0.15) is 0 Å². The molecule has 22 heavy (non-hydrogen) atoms. The topological polar surface area (TPSA) is 40.3 Å². The van der Waals surface area contributed by atoms with E-state index in [2.05, 4.69) is 21.3 Å². The Bertz CT molecular complexity index is 567. The fraction of sp³-hybridized carbons (Fsp3) is 0.412. The Morgan fingerprint density at radius 2 is 2.14 bits per heavy atom. The van der Waals surface area contributed by atoms with Crippen LogP contribution in [0.1, 0.15) is 17.2 Å². The third kappa shape index (κ3) is 3.94. The van der Waals surface area contributed by atoms with E-state index in [0.717, 1.165) is 45.0 Å². The minimum atomic E-state index is -0.179. The predicted octanol–water partition coefficient (Wildman–Crippen LogP) is 2.32. The molecule has 0 saturated carbocycles. The molecule has 0 amide bonds. The first-order valence-electron chi connectivity index (χ1n) is 7.72. The summed E-state index contributed by atoms with van der Waals surface area (Å²) in [5.41, 5.74) is 2.24. The maximum atomic E-state index is 13.6. The van der Waals surface area contributed by atoms with Crippen LogP contribution in [-0.2, 0) is 11.3 Å². The quantitative estimate of drug-likeness (QED) is 0.860. The van der Waals surface area contributed by atoms with Crippen molar-refractivity contribution in [2.24, 2.45) is 0 Å².